The van der Waals surface area contributed by atoms with Gasteiger partial charge in [-0.15, -0.1) is 0 Å². The van der Waals surface area contributed by atoms with Crippen LogP contribution < -0.4 is 4.90 Å². The summed E-state index contributed by atoms with van der Waals surface area (Å²) in [6, 6.07) is 14.9. The molecule has 2 aromatic carbocycles. The number of rotatable bonds is 3. The maximum absolute atomic E-state index is 13.0. The number of hydrogen-bond donors (Lipinski definition) is 0. The van der Waals surface area contributed by atoms with Gasteiger partial charge < -0.3 is 4.90 Å². The summed E-state index contributed by atoms with van der Waals surface area (Å²) in [6.45, 7) is 8.41. The van der Waals surface area contributed by atoms with Gasteiger partial charge in [-0.1, -0.05) is 36.0 Å². The molecule has 3 aromatic rings. The number of carbonyl (C=O) groups is 1. The maximum Gasteiger partial charge on any atom is 0.237 e. The van der Waals surface area contributed by atoms with Crippen molar-refractivity contribution in [2.75, 3.05) is 10.7 Å². The second kappa shape index (κ2) is 7.01. The van der Waals surface area contributed by atoms with Crippen molar-refractivity contribution >= 4 is 34.3 Å². The first-order valence-electron chi connectivity index (χ1n) is 9.35. The summed E-state index contributed by atoms with van der Waals surface area (Å²) in [5.74, 6) is 0.558. The fourth-order valence-corrected chi connectivity index (χ4v) is 4.85. The van der Waals surface area contributed by atoms with Crippen LogP contribution in [0.25, 0.3) is 10.9 Å². The van der Waals surface area contributed by atoms with E-state index in [1.165, 1.54) is 22.1 Å². The van der Waals surface area contributed by atoms with E-state index in [-0.39, 0.29) is 11.9 Å². The van der Waals surface area contributed by atoms with E-state index in [0.717, 1.165) is 28.2 Å². The van der Waals surface area contributed by atoms with Crippen LogP contribution >= 0.6 is 11.8 Å². The Kier molecular flexibility index (Phi) is 4.68. The molecule has 1 amide bonds. The number of pyridine rings is 1. The van der Waals surface area contributed by atoms with Crippen LogP contribution in [0.15, 0.2) is 47.5 Å². The number of aryl methyl sites for hydroxylation is 3. The van der Waals surface area contributed by atoms with Crippen LogP contribution in [0, 0.1) is 20.8 Å². The lowest BCUT2D eigenvalue weighted by Gasteiger charge is -2.22. The molecule has 1 unspecified atom stereocenters. The van der Waals surface area contributed by atoms with Gasteiger partial charge in [0.2, 0.25) is 5.91 Å². The normalized spacial score (nSPS) is 16.0. The number of amides is 1. The van der Waals surface area contributed by atoms with Gasteiger partial charge in [-0.05, 0) is 74.6 Å². The Balaban J connectivity index is 1.57. The average Bonchev–Trinajstić information content (AvgIpc) is 2.96. The van der Waals surface area contributed by atoms with Crippen LogP contribution in [0.4, 0.5) is 5.69 Å². The van der Waals surface area contributed by atoms with Gasteiger partial charge in [0, 0.05) is 17.1 Å². The summed E-state index contributed by atoms with van der Waals surface area (Å²) in [6.07, 6.45) is 0.929. The standard InChI is InChI=1S/C23H24N2OS/c1-14-9-15(2)19-11-16(3)23(24-20(19)10-14)27-13-22(26)25-17(4)12-18-7-5-6-8-21(18)25/h5-11,17H,12-13H2,1-4H3. The van der Waals surface area contributed by atoms with Crippen LogP contribution in [0.1, 0.15) is 29.2 Å². The summed E-state index contributed by atoms with van der Waals surface area (Å²) < 4.78 is 0. The number of fused-ring (bicyclic) bond motifs is 2. The topological polar surface area (TPSA) is 33.2 Å². The highest BCUT2D eigenvalue weighted by Crippen LogP contribution is 2.33. The average molecular weight is 377 g/mol. The lowest BCUT2D eigenvalue weighted by atomic mass is 10.1. The molecule has 0 aliphatic carbocycles. The van der Waals surface area contributed by atoms with Crippen molar-refractivity contribution in [1.29, 1.82) is 0 Å². The number of benzene rings is 2. The molecule has 0 bridgehead atoms. The van der Waals surface area contributed by atoms with Crippen LogP contribution in [-0.4, -0.2) is 22.7 Å². The van der Waals surface area contributed by atoms with Gasteiger partial charge in [0.25, 0.3) is 0 Å². The molecule has 0 radical (unpaired) electrons. The molecule has 0 spiro atoms. The van der Waals surface area contributed by atoms with E-state index in [2.05, 4.69) is 52.0 Å². The third-order valence-electron chi connectivity index (χ3n) is 5.24. The lowest BCUT2D eigenvalue weighted by molar-refractivity contribution is -0.116. The van der Waals surface area contributed by atoms with E-state index in [1.807, 2.05) is 23.1 Å². The minimum atomic E-state index is 0.152. The van der Waals surface area contributed by atoms with E-state index in [1.54, 1.807) is 11.8 Å². The number of nitrogens with zero attached hydrogens (tertiary/aromatic N) is 2. The second-order valence-corrected chi connectivity index (χ2v) is 8.46. The molecule has 0 fully saturated rings. The molecule has 0 saturated heterocycles. The Morgan fingerprint density at radius 2 is 1.93 bits per heavy atom. The Labute approximate surface area is 164 Å². The molecule has 1 aromatic heterocycles. The summed E-state index contributed by atoms with van der Waals surface area (Å²) in [5.41, 5.74) is 6.91. The minimum absolute atomic E-state index is 0.152. The Morgan fingerprint density at radius 3 is 2.74 bits per heavy atom. The molecular formula is C23H24N2OS. The van der Waals surface area contributed by atoms with Gasteiger partial charge in [0.15, 0.2) is 0 Å². The summed E-state index contributed by atoms with van der Waals surface area (Å²) >= 11 is 1.54. The number of para-hydroxylation sites is 1. The Hall–Kier alpha value is -2.33. The minimum Gasteiger partial charge on any atom is -0.308 e. The molecule has 138 valence electrons. The molecule has 0 N–H and O–H groups in total. The zero-order valence-electron chi connectivity index (χ0n) is 16.2. The van der Waals surface area contributed by atoms with Gasteiger partial charge in [-0.2, -0.15) is 0 Å². The monoisotopic (exact) mass is 376 g/mol. The third-order valence-corrected chi connectivity index (χ3v) is 6.32. The number of thioether (sulfide) groups is 1. The van der Waals surface area contributed by atoms with Gasteiger partial charge in [-0.25, -0.2) is 4.98 Å². The smallest absolute Gasteiger partial charge is 0.237 e. The van der Waals surface area contributed by atoms with Crippen molar-refractivity contribution in [3.05, 3.63) is 64.7 Å². The molecule has 1 aliphatic heterocycles. The highest BCUT2D eigenvalue weighted by atomic mass is 32.2. The van der Waals surface area contributed by atoms with E-state index in [9.17, 15) is 4.79 Å². The fraction of sp³-hybridized carbons (Fsp3) is 0.304. The number of aromatic nitrogens is 1. The van der Waals surface area contributed by atoms with E-state index in [0.29, 0.717) is 5.75 Å². The lowest BCUT2D eigenvalue weighted by Crippen LogP contribution is -2.37. The number of anilines is 1. The first-order valence-corrected chi connectivity index (χ1v) is 10.3. The Morgan fingerprint density at radius 1 is 1.15 bits per heavy atom. The van der Waals surface area contributed by atoms with Crippen LogP contribution in [0.2, 0.25) is 0 Å². The molecule has 1 atom stereocenters. The van der Waals surface area contributed by atoms with Crippen molar-refractivity contribution < 1.29 is 4.79 Å². The van der Waals surface area contributed by atoms with Crippen molar-refractivity contribution in [2.24, 2.45) is 0 Å². The zero-order valence-corrected chi connectivity index (χ0v) is 17.1. The van der Waals surface area contributed by atoms with Gasteiger partial charge >= 0.3 is 0 Å². The molecular weight excluding hydrogens is 352 g/mol. The first kappa shape index (κ1) is 18.1. The van der Waals surface area contributed by atoms with E-state index >= 15 is 0 Å². The zero-order chi connectivity index (χ0) is 19.1. The predicted octanol–water partition coefficient (Wildman–Crippen LogP) is 5.23. The fourth-order valence-electron chi connectivity index (χ4n) is 4.00. The number of hydrogen-bond acceptors (Lipinski definition) is 3. The highest BCUT2D eigenvalue weighted by Gasteiger charge is 2.30. The predicted molar refractivity (Wildman–Crippen MR) is 114 cm³/mol. The molecule has 3 nitrogen and oxygen atoms in total. The molecule has 4 heteroatoms. The van der Waals surface area contributed by atoms with Gasteiger partial charge in [0.1, 0.15) is 5.03 Å². The SMILES string of the molecule is Cc1cc(C)c2cc(C)c(SCC(=O)N3c4ccccc4CC3C)nc2c1. The van der Waals surface area contributed by atoms with Crippen molar-refractivity contribution in [3.63, 3.8) is 0 Å². The molecule has 27 heavy (non-hydrogen) atoms. The number of carbonyl (C=O) groups excluding carboxylic acids is 1. The van der Waals surface area contributed by atoms with Gasteiger partial charge in [-0.3, -0.25) is 4.79 Å². The van der Waals surface area contributed by atoms with E-state index < -0.39 is 0 Å². The summed E-state index contributed by atoms with van der Waals surface area (Å²) in [4.78, 5) is 19.8. The molecule has 0 saturated carbocycles. The maximum atomic E-state index is 13.0. The highest BCUT2D eigenvalue weighted by molar-refractivity contribution is 8.00. The second-order valence-electron chi connectivity index (χ2n) is 7.49. The van der Waals surface area contributed by atoms with Crippen LogP contribution in [0.5, 0.6) is 0 Å². The quantitative estimate of drug-likeness (QED) is 0.587. The van der Waals surface area contributed by atoms with Crippen molar-refractivity contribution in [2.45, 2.75) is 45.2 Å². The van der Waals surface area contributed by atoms with Crippen molar-refractivity contribution in [3.8, 4) is 0 Å². The summed E-state index contributed by atoms with van der Waals surface area (Å²) in [5, 5.41) is 2.14. The molecule has 1 aliphatic rings. The van der Waals surface area contributed by atoms with Crippen LogP contribution in [0.3, 0.4) is 0 Å². The molecule has 4 rings (SSSR count). The largest absolute Gasteiger partial charge is 0.308 e. The van der Waals surface area contributed by atoms with Gasteiger partial charge in [0.05, 0.1) is 11.3 Å². The first-order chi connectivity index (χ1) is 12.9. The third kappa shape index (κ3) is 3.34. The summed E-state index contributed by atoms with van der Waals surface area (Å²) in [7, 11) is 0. The molecule has 2 heterocycles. The van der Waals surface area contributed by atoms with Crippen LogP contribution in [-0.2, 0) is 11.2 Å². The Bertz CT molecular complexity index is 1040. The van der Waals surface area contributed by atoms with E-state index in [4.69, 9.17) is 4.98 Å². The van der Waals surface area contributed by atoms with Crippen molar-refractivity contribution in [1.82, 2.24) is 4.98 Å².